The molecule has 9 heavy (non-hydrogen) atoms. The minimum absolute atomic E-state index is 0.853. The predicted molar refractivity (Wildman–Crippen MR) is 36.7 cm³/mol. The molecule has 0 spiro atoms. The molecule has 1 heterocycles. The fraction of sp³-hybridized carbons (Fsp3) is 0.125. The second-order valence-electron chi connectivity index (χ2n) is 1.80. The number of hydrogen-bond acceptors (Lipinski definition) is 1. The van der Waals surface area contributed by atoms with Crippen LogP contribution in [0.3, 0.4) is 0 Å². The van der Waals surface area contributed by atoms with Crippen LogP contribution in [-0.2, 0) is 0 Å². The number of aryl methyl sites for hydroxylation is 1. The molecule has 0 aliphatic carbocycles. The molecule has 44 valence electrons. The lowest BCUT2D eigenvalue weighted by Crippen LogP contribution is -1.76. The van der Waals surface area contributed by atoms with E-state index in [0.29, 0.717) is 0 Å². The molecule has 1 nitrogen and oxygen atoms in total. The normalized spacial score (nSPS) is 8.11. The fourth-order valence-corrected chi connectivity index (χ4v) is 0.575. The summed E-state index contributed by atoms with van der Waals surface area (Å²) < 4.78 is 0. The smallest absolute Gasteiger partial charge is 0.0740 e. The maximum Gasteiger partial charge on any atom is 0.0740 e. The summed E-state index contributed by atoms with van der Waals surface area (Å²) in [6, 6.07) is 4.73. The molecule has 0 amide bonds. The van der Waals surface area contributed by atoms with Crippen molar-refractivity contribution in [3.63, 3.8) is 0 Å². The van der Waals surface area contributed by atoms with E-state index < -0.39 is 0 Å². The number of nitrogens with zero attached hydrogens (tertiary/aromatic N) is 1. The summed E-state index contributed by atoms with van der Waals surface area (Å²) in [4.78, 5) is 3.86. The first-order valence-electron chi connectivity index (χ1n) is 2.72. The summed E-state index contributed by atoms with van der Waals surface area (Å²) in [5.74, 6) is 0. The standard InChI is InChI=1S/C8H7N/c1-3-8-6-7(2)4-5-9-8/h3,6H,1H2,2H3. The quantitative estimate of drug-likeness (QED) is 0.544. The Balaban J connectivity index is 3.07. The van der Waals surface area contributed by atoms with Crippen molar-refractivity contribution in [3.8, 4) is 0 Å². The lowest BCUT2D eigenvalue weighted by molar-refractivity contribution is 1.28. The number of rotatable bonds is 1. The van der Waals surface area contributed by atoms with Gasteiger partial charge < -0.3 is 0 Å². The van der Waals surface area contributed by atoms with Gasteiger partial charge in [0.05, 0.1) is 5.69 Å². The molecular weight excluding hydrogens is 110 g/mol. The maximum absolute atomic E-state index is 3.86. The third kappa shape index (κ3) is 1.30. The molecule has 0 aliphatic heterocycles. The molecular formula is C8H7N. The summed E-state index contributed by atoms with van der Waals surface area (Å²) in [6.45, 7) is 5.53. The van der Waals surface area contributed by atoms with Gasteiger partial charge in [-0.15, -0.1) is 0 Å². The van der Waals surface area contributed by atoms with Crippen molar-refractivity contribution < 1.29 is 0 Å². The van der Waals surface area contributed by atoms with E-state index in [2.05, 4.69) is 23.8 Å². The van der Waals surface area contributed by atoms with E-state index in [4.69, 9.17) is 0 Å². The van der Waals surface area contributed by atoms with Crippen molar-refractivity contribution in [2.45, 2.75) is 6.92 Å². The van der Waals surface area contributed by atoms with Crippen molar-refractivity contribution >= 4 is 6.08 Å². The maximum atomic E-state index is 3.86. The Morgan fingerprint density at radius 3 is 3.00 bits per heavy atom. The zero-order chi connectivity index (χ0) is 6.69. The molecule has 1 heteroatoms. The van der Waals surface area contributed by atoms with Crippen LogP contribution in [0, 0.1) is 19.2 Å². The molecule has 0 bridgehead atoms. The summed E-state index contributed by atoms with van der Waals surface area (Å²) in [7, 11) is 0. The predicted octanol–water partition coefficient (Wildman–Crippen LogP) is 1.63. The van der Waals surface area contributed by atoms with E-state index in [9.17, 15) is 0 Å². The van der Waals surface area contributed by atoms with E-state index in [1.54, 1.807) is 6.08 Å². The summed E-state index contributed by atoms with van der Waals surface area (Å²) in [5.41, 5.74) is 1.89. The Morgan fingerprint density at radius 2 is 2.56 bits per heavy atom. The molecule has 1 aromatic heterocycles. The topological polar surface area (TPSA) is 12.9 Å². The third-order valence-electron chi connectivity index (χ3n) is 1.01. The van der Waals surface area contributed by atoms with Crippen molar-refractivity contribution in [1.29, 1.82) is 0 Å². The first kappa shape index (κ1) is 5.84. The average molecular weight is 117 g/mol. The lowest BCUT2D eigenvalue weighted by atomic mass is 10.3. The van der Waals surface area contributed by atoms with E-state index in [1.807, 2.05) is 13.0 Å². The van der Waals surface area contributed by atoms with Crippen LogP contribution in [0.4, 0.5) is 0 Å². The second kappa shape index (κ2) is 2.32. The van der Waals surface area contributed by atoms with Crippen molar-refractivity contribution in [2.75, 3.05) is 0 Å². The Hall–Kier alpha value is -1.29. The molecule has 0 atom stereocenters. The monoisotopic (exact) mass is 117 g/mol. The molecule has 0 saturated carbocycles. The highest BCUT2D eigenvalue weighted by Gasteiger charge is 1.83. The Labute approximate surface area is 55.1 Å². The molecule has 1 rings (SSSR count). The number of hydrogen-bond donors (Lipinski definition) is 0. The Morgan fingerprint density at radius 1 is 1.78 bits per heavy atom. The third-order valence-corrected chi connectivity index (χ3v) is 1.01. The van der Waals surface area contributed by atoms with E-state index >= 15 is 0 Å². The van der Waals surface area contributed by atoms with Crippen LogP contribution in [0.5, 0.6) is 0 Å². The van der Waals surface area contributed by atoms with Crippen LogP contribution in [0.1, 0.15) is 11.3 Å². The zero-order valence-electron chi connectivity index (χ0n) is 5.31. The zero-order valence-corrected chi connectivity index (χ0v) is 5.31. The minimum atomic E-state index is 0.853. The second-order valence-corrected chi connectivity index (χ2v) is 1.80. The molecule has 0 radical (unpaired) electrons. The molecule has 0 fully saturated rings. The van der Waals surface area contributed by atoms with Crippen molar-refractivity contribution in [1.82, 2.24) is 4.98 Å². The highest BCUT2D eigenvalue weighted by Crippen LogP contribution is 1.95. The van der Waals surface area contributed by atoms with E-state index in [0.717, 1.165) is 11.3 Å². The van der Waals surface area contributed by atoms with Crippen LogP contribution in [0.15, 0.2) is 12.6 Å². The average Bonchev–Trinajstić information content (AvgIpc) is 1.88. The largest absolute Gasteiger partial charge is 0.198 e. The van der Waals surface area contributed by atoms with Crippen LogP contribution in [-0.4, -0.2) is 4.98 Å². The van der Waals surface area contributed by atoms with Gasteiger partial charge in [-0.2, -0.15) is 4.98 Å². The SMILES string of the molecule is C=Cc1cc(C)c#cn1. The highest BCUT2D eigenvalue weighted by molar-refractivity contribution is 5.41. The van der Waals surface area contributed by atoms with Crippen LogP contribution in [0.2, 0.25) is 0 Å². The molecule has 0 unspecified atom stereocenters. The van der Waals surface area contributed by atoms with Gasteiger partial charge in [-0.05, 0) is 25.1 Å². The summed E-state index contributed by atoms with van der Waals surface area (Å²) in [5, 5.41) is 0. The van der Waals surface area contributed by atoms with Gasteiger partial charge in [-0.3, -0.25) is 0 Å². The van der Waals surface area contributed by atoms with Gasteiger partial charge in [-0.25, -0.2) is 0 Å². The van der Waals surface area contributed by atoms with Crippen molar-refractivity contribution in [2.24, 2.45) is 0 Å². The minimum Gasteiger partial charge on any atom is -0.198 e. The summed E-state index contributed by atoms with van der Waals surface area (Å²) >= 11 is 0. The molecule has 0 aromatic carbocycles. The lowest BCUT2D eigenvalue weighted by Gasteiger charge is -1.85. The van der Waals surface area contributed by atoms with Crippen LogP contribution in [0.25, 0.3) is 6.08 Å². The van der Waals surface area contributed by atoms with Gasteiger partial charge >= 0.3 is 0 Å². The van der Waals surface area contributed by atoms with E-state index in [1.165, 1.54) is 0 Å². The van der Waals surface area contributed by atoms with Gasteiger partial charge in [0, 0.05) is 11.8 Å². The fourth-order valence-electron chi connectivity index (χ4n) is 0.575. The first-order chi connectivity index (χ1) is 4.33. The van der Waals surface area contributed by atoms with Gasteiger partial charge in [0.1, 0.15) is 0 Å². The van der Waals surface area contributed by atoms with Gasteiger partial charge in [0.2, 0.25) is 0 Å². The molecule has 0 N–H and O–H groups in total. The van der Waals surface area contributed by atoms with Crippen molar-refractivity contribution in [3.05, 3.63) is 36.2 Å². The Kier molecular flexibility index (Phi) is 1.51. The number of aromatic nitrogens is 1. The van der Waals surface area contributed by atoms with Crippen LogP contribution >= 0.6 is 0 Å². The molecule has 0 saturated heterocycles. The van der Waals surface area contributed by atoms with Crippen LogP contribution < -0.4 is 0 Å². The van der Waals surface area contributed by atoms with Gasteiger partial charge in [-0.1, -0.05) is 6.58 Å². The highest BCUT2D eigenvalue weighted by atomic mass is 14.6. The van der Waals surface area contributed by atoms with Gasteiger partial charge in [0.15, 0.2) is 0 Å². The molecule has 1 aromatic rings. The van der Waals surface area contributed by atoms with E-state index in [-0.39, 0.29) is 0 Å². The Bertz CT molecular complexity index is 216. The van der Waals surface area contributed by atoms with Gasteiger partial charge in [0.25, 0.3) is 0 Å². The summed E-state index contributed by atoms with van der Waals surface area (Å²) in [6.07, 6.45) is 4.33. The molecule has 0 aliphatic rings. The first-order valence-corrected chi connectivity index (χ1v) is 2.72.